The van der Waals surface area contributed by atoms with Crippen LogP contribution in [0.4, 0.5) is 5.82 Å². The molecule has 2 aromatic heterocycles. The molecule has 0 aliphatic carbocycles. The zero-order valence-electron chi connectivity index (χ0n) is 9.56. The molecule has 3 rings (SSSR count). The first kappa shape index (κ1) is 10.3. The molecule has 3 heterocycles. The van der Waals surface area contributed by atoms with Gasteiger partial charge < -0.3 is 10.2 Å². The smallest absolute Gasteiger partial charge is 0.129 e. The fourth-order valence-corrected chi connectivity index (χ4v) is 2.07. The van der Waals surface area contributed by atoms with Crippen LogP contribution in [0.25, 0.3) is 11.3 Å². The molecule has 0 spiro atoms. The van der Waals surface area contributed by atoms with Gasteiger partial charge in [0, 0.05) is 44.1 Å². The highest BCUT2D eigenvalue weighted by atomic mass is 15.2. The Labute approximate surface area is 99.9 Å². The Kier molecular flexibility index (Phi) is 2.75. The van der Waals surface area contributed by atoms with Crippen molar-refractivity contribution in [2.24, 2.45) is 0 Å². The molecule has 0 unspecified atom stereocenters. The van der Waals surface area contributed by atoms with E-state index in [1.807, 2.05) is 18.3 Å². The maximum atomic E-state index is 4.44. The summed E-state index contributed by atoms with van der Waals surface area (Å²) in [6.45, 7) is 4.07. The average molecular weight is 229 g/mol. The molecule has 1 aliphatic rings. The lowest BCUT2D eigenvalue weighted by Gasteiger charge is -2.28. The molecule has 2 N–H and O–H groups in total. The topological polar surface area (TPSA) is 56.8 Å². The number of nitrogens with one attached hydrogen (secondary N) is 2. The highest BCUT2D eigenvalue weighted by Crippen LogP contribution is 2.20. The SMILES string of the molecule is c1cc(-c2ccnc(N3CCNCC3)c2)[nH]n1. The Morgan fingerprint density at radius 3 is 2.76 bits per heavy atom. The Morgan fingerprint density at radius 1 is 1.12 bits per heavy atom. The number of pyridine rings is 1. The lowest BCUT2D eigenvalue weighted by molar-refractivity contribution is 0.585. The molecular weight excluding hydrogens is 214 g/mol. The number of H-pyrrole nitrogens is 1. The van der Waals surface area contributed by atoms with E-state index in [9.17, 15) is 0 Å². The number of rotatable bonds is 2. The third-order valence-electron chi connectivity index (χ3n) is 3.00. The lowest BCUT2D eigenvalue weighted by atomic mass is 10.2. The third kappa shape index (κ3) is 2.14. The number of hydrogen-bond acceptors (Lipinski definition) is 4. The molecule has 17 heavy (non-hydrogen) atoms. The van der Waals surface area contributed by atoms with Gasteiger partial charge in [0.2, 0.25) is 0 Å². The van der Waals surface area contributed by atoms with Crippen LogP contribution < -0.4 is 10.2 Å². The number of nitrogens with zero attached hydrogens (tertiary/aromatic N) is 3. The van der Waals surface area contributed by atoms with Gasteiger partial charge in [0.25, 0.3) is 0 Å². The summed E-state index contributed by atoms with van der Waals surface area (Å²) in [7, 11) is 0. The van der Waals surface area contributed by atoms with Crippen LogP contribution in [0.2, 0.25) is 0 Å². The summed E-state index contributed by atoms with van der Waals surface area (Å²) in [5.74, 6) is 1.04. The van der Waals surface area contributed by atoms with Crippen molar-refractivity contribution in [2.75, 3.05) is 31.1 Å². The van der Waals surface area contributed by atoms with Crippen LogP contribution in [0.3, 0.4) is 0 Å². The van der Waals surface area contributed by atoms with E-state index >= 15 is 0 Å². The molecule has 0 saturated carbocycles. The van der Waals surface area contributed by atoms with Crippen LogP contribution in [-0.2, 0) is 0 Å². The first-order valence-corrected chi connectivity index (χ1v) is 5.85. The van der Waals surface area contributed by atoms with Crippen molar-refractivity contribution in [3.63, 3.8) is 0 Å². The fraction of sp³-hybridized carbons (Fsp3) is 0.333. The van der Waals surface area contributed by atoms with Gasteiger partial charge in [-0.25, -0.2) is 4.98 Å². The molecule has 1 aliphatic heterocycles. The van der Waals surface area contributed by atoms with Crippen molar-refractivity contribution in [1.29, 1.82) is 0 Å². The van der Waals surface area contributed by atoms with Crippen molar-refractivity contribution in [2.45, 2.75) is 0 Å². The number of anilines is 1. The third-order valence-corrected chi connectivity index (χ3v) is 3.00. The van der Waals surface area contributed by atoms with E-state index in [0.717, 1.165) is 43.3 Å². The molecule has 0 amide bonds. The maximum absolute atomic E-state index is 4.44. The van der Waals surface area contributed by atoms with Crippen molar-refractivity contribution in [1.82, 2.24) is 20.5 Å². The number of piperazine rings is 1. The molecule has 0 radical (unpaired) electrons. The second-order valence-electron chi connectivity index (χ2n) is 4.11. The minimum Gasteiger partial charge on any atom is -0.354 e. The highest BCUT2D eigenvalue weighted by Gasteiger charge is 2.12. The summed E-state index contributed by atoms with van der Waals surface area (Å²) in [6, 6.07) is 6.08. The van der Waals surface area contributed by atoms with E-state index < -0.39 is 0 Å². The van der Waals surface area contributed by atoms with Crippen LogP contribution in [0, 0.1) is 0 Å². The first-order valence-electron chi connectivity index (χ1n) is 5.85. The summed E-state index contributed by atoms with van der Waals surface area (Å²) < 4.78 is 0. The Balaban J connectivity index is 1.88. The quantitative estimate of drug-likeness (QED) is 0.802. The molecule has 5 nitrogen and oxygen atoms in total. The second-order valence-corrected chi connectivity index (χ2v) is 4.11. The van der Waals surface area contributed by atoms with E-state index in [2.05, 4.69) is 31.5 Å². The highest BCUT2D eigenvalue weighted by molar-refractivity contribution is 5.62. The molecule has 2 aromatic rings. The van der Waals surface area contributed by atoms with Crippen LogP contribution in [0.1, 0.15) is 0 Å². The van der Waals surface area contributed by atoms with Crippen LogP contribution in [0.5, 0.6) is 0 Å². The van der Waals surface area contributed by atoms with Crippen LogP contribution in [-0.4, -0.2) is 41.4 Å². The van der Waals surface area contributed by atoms with Crippen molar-refractivity contribution >= 4 is 5.82 Å². The van der Waals surface area contributed by atoms with E-state index in [-0.39, 0.29) is 0 Å². The summed E-state index contributed by atoms with van der Waals surface area (Å²) in [4.78, 5) is 6.74. The normalized spacial score (nSPS) is 16.1. The van der Waals surface area contributed by atoms with E-state index in [4.69, 9.17) is 0 Å². The van der Waals surface area contributed by atoms with Gasteiger partial charge in [-0.3, -0.25) is 5.10 Å². The minimum absolute atomic E-state index is 1.01. The first-order chi connectivity index (χ1) is 8.43. The van der Waals surface area contributed by atoms with Gasteiger partial charge in [0.05, 0.1) is 5.69 Å². The Bertz CT molecular complexity index is 473. The van der Waals surface area contributed by atoms with Gasteiger partial charge in [-0.05, 0) is 18.2 Å². The number of hydrogen-bond donors (Lipinski definition) is 2. The molecule has 88 valence electrons. The molecule has 0 aromatic carbocycles. The van der Waals surface area contributed by atoms with Gasteiger partial charge in [-0.15, -0.1) is 0 Å². The molecular formula is C12H15N5. The molecule has 5 heteroatoms. The van der Waals surface area contributed by atoms with Gasteiger partial charge in [0.1, 0.15) is 5.82 Å². The molecule has 0 bridgehead atoms. The van der Waals surface area contributed by atoms with E-state index in [1.54, 1.807) is 6.20 Å². The summed E-state index contributed by atoms with van der Waals surface area (Å²) >= 11 is 0. The van der Waals surface area contributed by atoms with Crippen LogP contribution in [0.15, 0.2) is 30.6 Å². The molecule has 1 fully saturated rings. The number of aromatic nitrogens is 3. The average Bonchev–Trinajstić information content (AvgIpc) is 2.94. The van der Waals surface area contributed by atoms with Crippen molar-refractivity contribution in [3.8, 4) is 11.3 Å². The predicted molar refractivity (Wildman–Crippen MR) is 66.9 cm³/mol. The summed E-state index contributed by atoms with van der Waals surface area (Å²) in [5.41, 5.74) is 2.16. The van der Waals surface area contributed by atoms with E-state index in [0.29, 0.717) is 0 Å². The van der Waals surface area contributed by atoms with Crippen molar-refractivity contribution in [3.05, 3.63) is 30.6 Å². The Hall–Kier alpha value is -1.88. The standard InChI is InChI=1S/C12H15N5/c1-3-14-12(17-7-5-13-6-8-17)9-10(1)11-2-4-15-16-11/h1-4,9,13H,5-8H2,(H,15,16). The monoisotopic (exact) mass is 229 g/mol. The Morgan fingerprint density at radius 2 is 2.00 bits per heavy atom. The minimum atomic E-state index is 1.01. The summed E-state index contributed by atoms with van der Waals surface area (Å²) in [5, 5.41) is 10.3. The molecule has 1 saturated heterocycles. The lowest BCUT2D eigenvalue weighted by Crippen LogP contribution is -2.43. The molecule has 0 atom stereocenters. The second kappa shape index (κ2) is 4.55. The van der Waals surface area contributed by atoms with Crippen molar-refractivity contribution < 1.29 is 0 Å². The predicted octanol–water partition coefficient (Wildman–Crippen LogP) is 0.881. The van der Waals surface area contributed by atoms with Crippen LogP contribution >= 0.6 is 0 Å². The van der Waals surface area contributed by atoms with E-state index in [1.165, 1.54) is 0 Å². The van der Waals surface area contributed by atoms with Gasteiger partial charge >= 0.3 is 0 Å². The largest absolute Gasteiger partial charge is 0.354 e. The summed E-state index contributed by atoms with van der Waals surface area (Å²) in [6.07, 6.45) is 3.62. The zero-order valence-corrected chi connectivity index (χ0v) is 9.56. The zero-order chi connectivity index (χ0) is 11.5. The van der Waals surface area contributed by atoms with Gasteiger partial charge in [-0.1, -0.05) is 0 Å². The fourth-order valence-electron chi connectivity index (χ4n) is 2.07. The van der Waals surface area contributed by atoms with Gasteiger partial charge in [-0.2, -0.15) is 5.10 Å². The van der Waals surface area contributed by atoms with Gasteiger partial charge in [0.15, 0.2) is 0 Å². The number of aromatic amines is 1. The maximum Gasteiger partial charge on any atom is 0.129 e.